The van der Waals surface area contributed by atoms with Crippen molar-refractivity contribution < 1.29 is 14.3 Å². The van der Waals surface area contributed by atoms with E-state index in [1.165, 1.54) is 0 Å². The van der Waals surface area contributed by atoms with E-state index in [4.69, 9.17) is 4.74 Å². The Bertz CT molecular complexity index is 615. The zero-order chi connectivity index (χ0) is 17.8. The minimum atomic E-state index is 0.112. The summed E-state index contributed by atoms with van der Waals surface area (Å²) in [5.41, 5.74) is 1.06. The van der Waals surface area contributed by atoms with Gasteiger partial charge in [0.15, 0.2) is 0 Å². The minimum Gasteiger partial charge on any atom is -0.383 e. The lowest BCUT2D eigenvalue weighted by atomic mass is 9.88. The summed E-state index contributed by atoms with van der Waals surface area (Å²) in [6.07, 6.45) is 7.03. The van der Waals surface area contributed by atoms with Crippen molar-refractivity contribution in [2.45, 2.75) is 45.2 Å². The smallest absolute Gasteiger partial charge is 0.244 e. The fourth-order valence-corrected chi connectivity index (χ4v) is 4.06. The van der Waals surface area contributed by atoms with Gasteiger partial charge >= 0.3 is 0 Å². The first-order chi connectivity index (χ1) is 12.1. The van der Waals surface area contributed by atoms with E-state index in [1.54, 1.807) is 18.0 Å². The number of amides is 2. The van der Waals surface area contributed by atoms with E-state index >= 15 is 0 Å². The molecule has 0 aliphatic carbocycles. The maximum Gasteiger partial charge on any atom is 0.244 e. The molecular formula is C18H28N4O3. The number of aromatic nitrogens is 2. The number of carbonyl (C=O) groups is 2. The third kappa shape index (κ3) is 4.21. The van der Waals surface area contributed by atoms with Crippen molar-refractivity contribution in [1.29, 1.82) is 0 Å². The molecule has 3 heterocycles. The average molecular weight is 348 g/mol. The van der Waals surface area contributed by atoms with Crippen molar-refractivity contribution >= 4 is 11.8 Å². The van der Waals surface area contributed by atoms with Gasteiger partial charge in [0, 0.05) is 45.4 Å². The number of nitrogens with zero attached hydrogens (tertiary/aromatic N) is 4. The number of rotatable bonds is 5. The van der Waals surface area contributed by atoms with Crippen molar-refractivity contribution in [1.82, 2.24) is 19.6 Å². The molecule has 7 nitrogen and oxygen atoms in total. The van der Waals surface area contributed by atoms with Crippen LogP contribution in [0.5, 0.6) is 0 Å². The molecular weight excluding hydrogens is 320 g/mol. The lowest BCUT2D eigenvalue weighted by Crippen LogP contribution is -2.54. The molecule has 2 saturated heterocycles. The van der Waals surface area contributed by atoms with Crippen molar-refractivity contribution in [3.8, 4) is 0 Å². The summed E-state index contributed by atoms with van der Waals surface area (Å²) in [7, 11) is 1.66. The first kappa shape index (κ1) is 17.9. The van der Waals surface area contributed by atoms with Crippen LogP contribution in [0, 0.1) is 12.8 Å². The van der Waals surface area contributed by atoms with Crippen LogP contribution >= 0.6 is 0 Å². The molecule has 1 aromatic rings. The number of fused-ring (bicyclic) bond motifs is 1. The van der Waals surface area contributed by atoms with E-state index in [1.807, 2.05) is 22.9 Å². The van der Waals surface area contributed by atoms with Gasteiger partial charge in [-0.25, -0.2) is 0 Å². The van der Waals surface area contributed by atoms with Crippen LogP contribution in [0.1, 0.15) is 31.2 Å². The summed E-state index contributed by atoms with van der Waals surface area (Å²) in [4.78, 5) is 29.0. The Balaban J connectivity index is 1.63. The topological polar surface area (TPSA) is 67.7 Å². The Morgan fingerprint density at radius 1 is 1.40 bits per heavy atom. The highest BCUT2D eigenvalue weighted by molar-refractivity contribution is 5.77. The van der Waals surface area contributed by atoms with Gasteiger partial charge in [-0.1, -0.05) is 0 Å². The molecule has 2 aliphatic rings. The Morgan fingerprint density at radius 2 is 2.24 bits per heavy atom. The van der Waals surface area contributed by atoms with Crippen molar-refractivity contribution in [2.24, 2.45) is 5.92 Å². The lowest BCUT2D eigenvalue weighted by molar-refractivity contribution is -0.138. The van der Waals surface area contributed by atoms with Crippen LogP contribution in [0.4, 0.5) is 0 Å². The summed E-state index contributed by atoms with van der Waals surface area (Å²) in [5, 5.41) is 4.21. The maximum atomic E-state index is 12.6. The molecule has 0 saturated carbocycles. The summed E-state index contributed by atoms with van der Waals surface area (Å²) in [6, 6.07) is 0.237. The predicted octanol–water partition coefficient (Wildman–Crippen LogP) is 1.07. The molecule has 138 valence electrons. The quantitative estimate of drug-likeness (QED) is 0.798. The number of carbonyl (C=O) groups excluding carboxylic acids is 2. The summed E-state index contributed by atoms with van der Waals surface area (Å²) >= 11 is 0. The van der Waals surface area contributed by atoms with Gasteiger partial charge in [0.1, 0.15) is 6.54 Å². The van der Waals surface area contributed by atoms with Crippen molar-refractivity contribution in [3.05, 3.63) is 18.0 Å². The number of likely N-dealkylation sites (tertiary alicyclic amines) is 2. The molecule has 2 atom stereocenters. The summed E-state index contributed by atoms with van der Waals surface area (Å²) in [6.45, 7) is 4.92. The second-order valence-electron chi connectivity index (χ2n) is 7.14. The predicted molar refractivity (Wildman–Crippen MR) is 92.9 cm³/mol. The second kappa shape index (κ2) is 7.99. The van der Waals surface area contributed by atoms with Gasteiger partial charge in [0.05, 0.1) is 12.8 Å². The number of aryl methyl sites for hydroxylation is 1. The molecule has 0 unspecified atom stereocenters. The highest BCUT2D eigenvalue weighted by atomic mass is 16.5. The first-order valence-electron chi connectivity index (χ1n) is 9.13. The Hall–Kier alpha value is -1.89. The third-order valence-electron chi connectivity index (χ3n) is 5.33. The standard InChI is InChI=1S/C18H28N4O3/c1-14-10-19-21(11-14)13-18(24)20-7-6-16-15(12-20)4-3-5-17(23)22(16)8-9-25-2/h10-11,15-16H,3-9,12-13H2,1-2H3/t15-,16+/m0/s1. The summed E-state index contributed by atoms with van der Waals surface area (Å²) in [5.74, 6) is 0.706. The Labute approximate surface area is 148 Å². The largest absolute Gasteiger partial charge is 0.383 e. The van der Waals surface area contributed by atoms with Crippen LogP contribution in [0.15, 0.2) is 12.4 Å². The van der Waals surface area contributed by atoms with E-state index in [-0.39, 0.29) is 24.4 Å². The van der Waals surface area contributed by atoms with Crippen LogP contribution in [0.3, 0.4) is 0 Å². The molecule has 0 N–H and O–H groups in total. The zero-order valence-electron chi connectivity index (χ0n) is 15.2. The van der Waals surface area contributed by atoms with E-state index < -0.39 is 0 Å². The fourth-order valence-electron chi connectivity index (χ4n) is 4.06. The van der Waals surface area contributed by atoms with Crippen molar-refractivity contribution in [2.75, 3.05) is 33.4 Å². The monoisotopic (exact) mass is 348 g/mol. The molecule has 2 fully saturated rings. The molecule has 25 heavy (non-hydrogen) atoms. The molecule has 0 radical (unpaired) electrons. The molecule has 2 aliphatic heterocycles. The number of hydrogen-bond acceptors (Lipinski definition) is 4. The van der Waals surface area contributed by atoms with E-state index in [0.717, 1.165) is 31.4 Å². The van der Waals surface area contributed by atoms with Gasteiger partial charge in [-0.05, 0) is 37.7 Å². The van der Waals surface area contributed by atoms with Crippen LogP contribution in [0.2, 0.25) is 0 Å². The number of ether oxygens (including phenoxy) is 1. The fraction of sp³-hybridized carbons (Fsp3) is 0.722. The molecule has 0 aromatic carbocycles. The van der Waals surface area contributed by atoms with Gasteiger partial charge in [-0.3, -0.25) is 14.3 Å². The third-order valence-corrected chi connectivity index (χ3v) is 5.33. The maximum absolute atomic E-state index is 12.6. The second-order valence-corrected chi connectivity index (χ2v) is 7.14. The van der Waals surface area contributed by atoms with Crippen LogP contribution in [0.25, 0.3) is 0 Å². The lowest BCUT2D eigenvalue weighted by Gasteiger charge is -2.42. The van der Waals surface area contributed by atoms with Gasteiger partial charge < -0.3 is 14.5 Å². The van der Waals surface area contributed by atoms with E-state index in [2.05, 4.69) is 5.10 Å². The molecule has 7 heteroatoms. The first-order valence-corrected chi connectivity index (χ1v) is 9.13. The van der Waals surface area contributed by atoms with E-state index in [0.29, 0.717) is 32.0 Å². The average Bonchev–Trinajstić information content (AvgIpc) is 2.93. The number of hydrogen-bond donors (Lipinski definition) is 0. The summed E-state index contributed by atoms with van der Waals surface area (Å²) < 4.78 is 6.87. The number of piperidine rings is 1. The van der Waals surface area contributed by atoms with Gasteiger partial charge in [-0.2, -0.15) is 5.10 Å². The number of methoxy groups -OCH3 is 1. The molecule has 0 spiro atoms. The van der Waals surface area contributed by atoms with Crippen LogP contribution in [-0.2, 0) is 20.9 Å². The Kier molecular flexibility index (Phi) is 5.73. The minimum absolute atomic E-state index is 0.112. The molecule has 1 aromatic heterocycles. The highest BCUT2D eigenvalue weighted by Crippen LogP contribution is 2.30. The molecule has 0 bridgehead atoms. The van der Waals surface area contributed by atoms with Gasteiger partial charge in [0.25, 0.3) is 0 Å². The van der Waals surface area contributed by atoms with Crippen LogP contribution in [-0.4, -0.2) is 70.8 Å². The normalized spacial score (nSPS) is 24.2. The van der Waals surface area contributed by atoms with Crippen LogP contribution < -0.4 is 0 Å². The highest BCUT2D eigenvalue weighted by Gasteiger charge is 2.38. The van der Waals surface area contributed by atoms with Gasteiger partial charge in [-0.15, -0.1) is 0 Å². The Morgan fingerprint density at radius 3 is 2.96 bits per heavy atom. The molecule has 3 rings (SSSR count). The van der Waals surface area contributed by atoms with Gasteiger partial charge in [0.2, 0.25) is 11.8 Å². The SMILES string of the molecule is COCCN1C(=O)CCC[C@H]2CN(C(=O)Cn3cc(C)cn3)CC[C@H]21. The van der Waals surface area contributed by atoms with Crippen molar-refractivity contribution in [3.63, 3.8) is 0 Å². The van der Waals surface area contributed by atoms with E-state index in [9.17, 15) is 9.59 Å². The molecule has 2 amide bonds. The zero-order valence-corrected chi connectivity index (χ0v) is 15.2.